The lowest BCUT2D eigenvalue weighted by Gasteiger charge is -2.48. The summed E-state index contributed by atoms with van der Waals surface area (Å²) in [5.41, 5.74) is 7.45. The van der Waals surface area contributed by atoms with E-state index < -0.39 is 0 Å². The number of piperidine rings is 1. The number of likely N-dealkylation sites (tertiary alicyclic amines) is 1. The number of carbonyl (C=O) groups excluding carboxylic acids is 1. The molecule has 1 heterocycles. The highest BCUT2D eigenvalue weighted by atomic mass is 16.5. The van der Waals surface area contributed by atoms with E-state index in [4.69, 9.17) is 10.5 Å². The normalized spacial score (nSPS) is 23.5. The molecule has 4 atom stereocenters. The minimum atomic E-state index is -0.234. The molecule has 2 fully saturated rings. The third-order valence-electron chi connectivity index (χ3n) is 8.33. The van der Waals surface area contributed by atoms with Gasteiger partial charge in [-0.15, -0.1) is 0 Å². The Morgan fingerprint density at radius 3 is 2.56 bits per heavy atom. The average Bonchev–Trinajstić information content (AvgIpc) is 2.87. The van der Waals surface area contributed by atoms with Crippen LogP contribution in [-0.4, -0.2) is 50.3 Å². The van der Waals surface area contributed by atoms with Crippen LogP contribution in [0.25, 0.3) is 0 Å². The van der Waals surface area contributed by atoms with E-state index >= 15 is 0 Å². The highest BCUT2D eigenvalue weighted by molar-refractivity contribution is 5.72. The molecule has 0 spiro atoms. The number of hydrogen-bond acceptors (Lipinski definition) is 3. The van der Waals surface area contributed by atoms with Gasteiger partial charge in [-0.1, -0.05) is 68.9 Å². The van der Waals surface area contributed by atoms with Gasteiger partial charge in [-0.2, -0.15) is 0 Å². The van der Waals surface area contributed by atoms with E-state index in [2.05, 4.69) is 54.5 Å². The van der Waals surface area contributed by atoms with Gasteiger partial charge in [0.2, 0.25) is 0 Å². The molecule has 2 aliphatic rings. The molecule has 3 rings (SSSR count). The number of hydrogen-bond donors (Lipinski definition) is 2. The molecule has 1 saturated heterocycles. The number of primary amides is 1. The van der Waals surface area contributed by atoms with Crippen molar-refractivity contribution in [2.75, 3.05) is 33.4 Å². The Kier molecular flexibility index (Phi) is 11.7. The van der Waals surface area contributed by atoms with Crippen LogP contribution in [0.2, 0.25) is 0 Å². The van der Waals surface area contributed by atoms with Crippen LogP contribution in [0.1, 0.15) is 89.0 Å². The molecule has 5 heteroatoms. The molecule has 1 saturated carbocycles. The van der Waals surface area contributed by atoms with Gasteiger partial charge in [-0.3, -0.25) is 0 Å². The van der Waals surface area contributed by atoms with Crippen molar-refractivity contribution in [2.45, 2.75) is 89.5 Å². The van der Waals surface area contributed by atoms with Gasteiger partial charge in [0.25, 0.3) is 0 Å². The predicted octanol–water partition coefficient (Wildman–Crippen LogP) is 5.94. The van der Waals surface area contributed by atoms with Crippen LogP contribution in [0.5, 0.6) is 0 Å². The zero-order valence-corrected chi connectivity index (χ0v) is 21.7. The Labute approximate surface area is 208 Å². The standard InChI is InChI=1S/C29H49N3O2/c1-3-34-20-11-10-17-26(24-15-8-5-9-16-24)27-18-12-19-32(29(30)33)28(27)25(22-31-2)21-23-13-6-4-7-14-23/h5,8-9,15-16,23,25-28,31H,3-4,6-7,10-14,17-22H2,1-2H3,(H2,30,33)/t25-,26-,27?,28?/m0/s1. The highest BCUT2D eigenvalue weighted by Crippen LogP contribution is 2.43. The van der Waals surface area contributed by atoms with Crippen molar-refractivity contribution in [2.24, 2.45) is 23.5 Å². The summed E-state index contributed by atoms with van der Waals surface area (Å²) in [5, 5.41) is 3.48. The maximum Gasteiger partial charge on any atom is 0.315 e. The van der Waals surface area contributed by atoms with E-state index in [1.54, 1.807) is 0 Å². The Bertz CT molecular complexity index is 692. The Morgan fingerprint density at radius 1 is 1.12 bits per heavy atom. The van der Waals surface area contributed by atoms with Crippen LogP contribution in [-0.2, 0) is 4.74 Å². The molecule has 2 unspecified atom stereocenters. The zero-order chi connectivity index (χ0) is 24.2. The SMILES string of the molecule is CCOCCCC[C@@H](c1ccccc1)C1CCCN(C(N)=O)C1[C@H](CNC)CC1CCCCC1. The highest BCUT2D eigenvalue weighted by Gasteiger charge is 2.42. The lowest BCUT2D eigenvalue weighted by molar-refractivity contribution is 0.0507. The lowest BCUT2D eigenvalue weighted by atomic mass is 9.68. The number of carbonyl (C=O) groups is 1. The van der Waals surface area contributed by atoms with Gasteiger partial charge in [0.1, 0.15) is 0 Å². The molecular formula is C29H49N3O2. The minimum absolute atomic E-state index is 0.206. The van der Waals surface area contributed by atoms with E-state index in [1.807, 2.05) is 0 Å². The molecule has 5 nitrogen and oxygen atoms in total. The monoisotopic (exact) mass is 471 g/mol. The smallest absolute Gasteiger partial charge is 0.315 e. The summed E-state index contributed by atoms with van der Waals surface area (Å²) >= 11 is 0. The second kappa shape index (κ2) is 14.7. The Hall–Kier alpha value is -1.59. The molecule has 192 valence electrons. The van der Waals surface area contributed by atoms with Gasteiger partial charge >= 0.3 is 6.03 Å². The first-order chi connectivity index (χ1) is 16.7. The molecule has 34 heavy (non-hydrogen) atoms. The fraction of sp³-hybridized carbons (Fsp3) is 0.759. The molecule has 1 aliphatic heterocycles. The molecule has 3 N–H and O–H groups in total. The van der Waals surface area contributed by atoms with Gasteiger partial charge in [0, 0.05) is 25.8 Å². The lowest BCUT2D eigenvalue weighted by Crippen LogP contribution is -2.57. The van der Waals surface area contributed by atoms with Crippen LogP contribution < -0.4 is 11.1 Å². The summed E-state index contributed by atoms with van der Waals surface area (Å²) in [6.07, 6.45) is 13.6. The van der Waals surface area contributed by atoms with E-state index in [1.165, 1.54) is 50.5 Å². The number of nitrogens with one attached hydrogen (secondary N) is 1. The van der Waals surface area contributed by atoms with Crippen molar-refractivity contribution in [1.82, 2.24) is 10.2 Å². The predicted molar refractivity (Wildman–Crippen MR) is 141 cm³/mol. The number of amides is 2. The molecule has 2 amide bonds. The van der Waals surface area contributed by atoms with Gasteiger partial charge in [-0.25, -0.2) is 4.79 Å². The average molecular weight is 472 g/mol. The minimum Gasteiger partial charge on any atom is -0.382 e. The van der Waals surface area contributed by atoms with Crippen LogP contribution in [0.3, 0.4) is 0 Å². The molecule has 0 radical (unpaired) electrons. The molecule has 1 aromatic rings. The number of urea groups is 1. The van der Waals surface area contributed by atoms with Crippen LogP contribution in [0.4, 0.5) is 4.79 Å². The number of rotatable bonds is 13. The topological polar surface area (TPSA) is 67.6 Å². The van der Waals surface area contributed by atoms with Crippen molar-refractivity contribution >= 4 is 6.03 Å². The van der Waals surface area contributed by atoms with Crippen LogP contribution in [0.15, 0.2) is 30.3 Å². The van der Waals surface area contributed by atoms with E-state index in [0.717, 1.165) is 57.9 Å². The first-order valence-electron chi connectivity index (χ1n) is 14.0. The third-order valence-corrected chi connectivity index (χ3v) is 8.33. The second-order valence-corrected chi connectivity index (χ2v) is 10.6. The molecule has 0 aromatic heterocycles. The third kappa shape index (κ3) is 7.71. The summed E-state index contributed by atoms with van der Waals surface area (Å²) in [4.78, 5) is 14.8. The molecule has 0 bridgehead atoms. The quantitative estimate of drug-likeness (QED) is 0.350. The maximum absolute atomic E-state index is 12.7. The maximum atomic E-state index is 12.7. The van der Waals surface area contributed by atoms with Gasteiger partial charge in [0.05, 0.1) is 0 Å². The number of unbranched alkanes of at least 4 members (excludes halogenated alkanes) is 1. The molecule has 1 aliphatic carbocycles. The number of benzene rings is 1. The first kappa shape index (κ1) is 27.0. The summed E-state index contributed by atoms with van der Waals surface area (Å²) in [6, 6.07) is 11.0. The number of nitrogens with two attached hydrogens (primary N) is 1. The summed E-state index contributed by atoms with van der Waals surface area (Å²) in [6.45, 7) is 5.43. The van der Waals surface area contributed by atoms with E-state index in [0.29, 0.717) is 17.8 Å². The zero-order valence-electron chi connectivity index (χ0n) is 21.7. The first-order valence-corrected chi connectivity index (χ1v) is 14.0. The molecule has 1 aromatic carbocycles. The van der Waals surface area contributed by atoms with Crippen molar-refractivity contribution in [3.8, 4) is 0 Å². The largest absolute Gasteiger partial charge is 0.382 e. The fourth-order valence-electron chi connectivity index (χ4n) is 6.85. The van der Waals surface area contributed by atoms with Gasteiger partial charge in [0.15, 0.2) is 0 Å². The summed E-state index contributed by atoms with van der Waals surface area (Å²) < 4.78 is 5.61. The second-order valence-electron chi connectivity index (χ2n) is 10.6. The number of ether oxygens (including phenoxy) is 1. The summed E-state index contributed by atoms with van der Waals surface area (Å²) in [5.74, 6) is 2.12. The van der Waals surface area contributed by atoms with Crippen molar-refractivity contribution in [3.05, 3.63) is 35.9 Å². The van der Waals surface area contributed by atoms with Crippen LogP contribution in [0, 0.1) is 17.8 Å². The van der Waals surface area contributed by atoms with Crippen molar-refractivity contribution in [3.63, 3.8) is 0 Å². The number of nitrogens with zero attached hydrogens (tertiary/aromatic N) is 1. The van der Waals surface area contributed by atoms with Crippen molar-refractivity contribution in [1.29, 1.82) is 0 Å². The molecular weight excluding hydrogens is 422 g/mol. The Morgan fingerprint density at radius 2 is 1.88 bits per heavy atom. The van der Waals surface area contributed by atoms with Crippen molar-refractivity contribution < 1.29 is 9.53 Å². The van der Waals surface area contributed by atoms with Gasteiger partial charge < -0.3 is 20.7 Å². The van der Waals surface area contributed by atoms with E-state index in [9.17, 15) is 4.79 Å². The van der Waals surface area contributed by atoms with Gasteiger partial charge in [-0.05, 0) is 81.9 Å². The fourth-order valence-corrected chi connectivity index (χ4v) is 6.85. The van der Waals surface area contributed by atoms with E-state index in [-0.39, 0.29) is 12.1 Å². The van der Waals surface area contributed by atoms with Crippen LogP contribution >= 0.6 is 0 Å². The Balaban J connectivity index is 1.87. The summed E-state index contributed by atoms with van der Waals surface area (Å²) in [7, 11) is 2.06.